The molecule has 3 rings (SSSR count). The number of nitrogens with one attached hydrogen (secondary N) is 1. The molecular formula is C17H18N2O. The Hall–Kier alpha value is -2.29. The van der Waals surface area contributed by atoms with E-state index in [4.69, 9.17) is 5.73 Å². The number of nitrogens with two attached hydrogens (primary N) is 1. The Balaban J connectivity index is 1.86. The van der Waals surface area contributed by atoms with Gasteiger partial charge in [-0.15, -0.1) is 0 Å². The minimum atomic E-state index is -0.490. The lowest BCUT2D eigenvalue weighted by Crippen LogP contribution is -2.27. The molecule has 0 saturated heterocycles. The third kappa shape index (κ3) is 2.82. The van der Waals surface area contributed by atoms with Crippen LogP contribution in [0.3, 0.4) is 0 Å². The number of amides is 1. The van der Waals surface area contributed by atoms with Crippen molar-refractivity contribution in [2.75, 3.05) is 5.32 Å². The van der Waals surface area contributed by atoms with Gasteiger partial charge in [0.05, 0.1) is 0 Å². The average Bonchev–Trinajstić information content (AvgIpc) is 3.30. The van der Waals surface area contributed by atoms with Gasteiger partial charge in [0, 0.05) is 5.69 Å². The number of para-hydroxylation sites is 1. The Morgan fingerprint density at radius 1 is 1.10 bits per heavy atom. The van der Waals surface area contributed by atoms with Gasteiger partial charge in [-0.05, 0) is 42.0 Å². The molecule has 1 aliphatic carbocycles. The summed E-state index contributed by atoms with van der Waals surface area (Å²) >= 11 is 0. The van der Waals surface area contributed by atoms with Crippen LogP contribution in [-0.4, -0.2) is 5.91 Å². The van der Waals surface area contributed by atoms with Crippen LogP contribution in [0, 0.1) is 0 Å². The van der Waals surface area contributed by atoms with Crippen molar-refractivity contribution in [2.24, 2.45) is 5.73 Å². The lowest BCUT2D eigenvalue weighted by atomic mass is 10.0. The van der Waals surface area contributed by atoms with Crippen LogP contribution in [0.5, 0.6) is 0 Å². The molecule has 3 nitrogen and oxygen atoms in total. The number of benzene rings is 2. The van der Waals surface area contributed by atoms with Crippen molar-refractivity contribution in [1.82, 2.24) is 0 Å². The second kappa shape index (κ2) is 5.37. The van der Waals surface area contributed by atoms with Gasteiger partial charge in [0.15, 0.2) is 0 Å². The van der Waals surface area contributed by atoms with Gasteiger partial charge in [-0.2, -0.15) is 0 Å². The molecule has 0 radical (unpaired) electrons. The number of carbonyl (C=O) groups excluding carboxylic acids is 1. The number of anilines is 1. The highest BCUT2D eigenvalue weighted by Crippen LogP contribution is 2.40. The van der Waals surface area contributed by atoms with Gasteiger partial charge in [0.1, 0.15) is 6.04 Å². The van der Waals surface area contributed by atoms with Gasteiger partial charge >= 0.3 is 0 Å². The molecule has 2 aromatic rings. The third-order valence-corrected chi connectivity index (χ3v) is 3.66. The zero-order chi connectivity index (χ0) is 13.9. The molecule has 1 amide bonds. The summed E-state index contributed by atoms with van der Waals surface area (Å²) in [6.07, 6.45) is 2.49. The van der Waals surface area contributed by atoms with E-state index in [0.29, 0.717) is 5.92 Å². The number of primary amides is 1. The molecule has 1 atom stereocenters. The Labute approximate surface area is 118 Å². The third-order valence-electron chi connectivity index (χ3n) is 3.66. The Morgan fingerprint density at radius 3 is 2.50 bits per heavy atom. The van der Waals surface area contributed by atoms with Crippen LogP contribution < -0.4 is 11.1 Å². The smallest absolute Gasteiger partial charge is 0.244 e. The van der Waals surface area contributed by atoms with E-state index in [-0.39, 0.29) is 5.91 Å². The van der Waals surface area contributed by atoms with Crippen molar-refractivity contribution in [1.29, 1.82) is 0 Å². The molecule has 1 saturated carbocycles. The molecule has 0 heterocycles. The van der Waals surface area contributed by atoms with Crippen LogP contribution in [0.25, 0.3) is 0 Å². The minimum absolute atomic E-state index is 0.359. The van der Waals surface area contributed by atoms with E-state index < -0.39 is 6.04 Å². The summed E-state index contributed by atoms with van der Waals surface area (Å²) in [6, 6.07) is 17.4. The number of hydrogen-bond acceptors (Lipinski definition) is 2. The van der Waals surface area contributed by atoms with E-state index in [1.165, 1.54) is 18.4 Å². The van der Waals surface area contributed by atoms with Gasteiger partial charge in [-0.25, -0.2) is 0 Å². The largest absolute Gasteiger partial charge is 0.370 e. The Morgan fingerprint density at radius 2 is 1.85 bits per heavy atom. The van der Waals surface area contributed by atoms with E-state index >= 15 is 0 Å². The summed E-state index contributed by atoms with van der Waals surface area (Å²) in [6.45, 7) is 0. The summed E-state index contributed by atoms with van der Waals surface area (Å²) in [5.41, 5.74) is 8.70. The second-order valence-electron chi connectivity index (χ2n) is 5.29. The Kier molecular flexibility index (Phi) is 3.42. The van der Waals surface area contributed by atoms with Crippen molar-refractivity contribution in [3.05, 3.63) is 65.7 Å². The van der Waals surface area contributed by atoms with Crippen LogP contribution in [0.15, 0.2) is 54.6 Å². The average molecular weight is 266 g/mol. The first-order valence-corrected chi connectivity index (χ1v) is 6.95. The van der Waals surface area contributed by atoms with Gasteiger partial charge in [0.25, 0.3) is 0 Å². The topological polar surface area (TPSA) is 55.1 Å². The van der Waals surface area contributed by atoms with Crippen molar-refractivity contribution in [3.63, 3.8) is 0 Å². The Bertz CT molecular complexity index is 605. The maximum absolute atomic E-state index is 11.8. The molecule has 3 heteroatoms. The zero-order valence-corrected chi connectivity index (χ0v) is 11.3. The zero-order valence-electron chi connectivity index (χ0n) is 11.3. The molecule has 0 spiro atoms. The van der Waals surface area contributed by atoms with Gasteiger partial charge in [0.2, 0.25) is 5.91 Å². The van der Waals surface area contributed by atoms with Gasteiger partial charge < -0.3 is 11.1 Å². The number of rotatable bonds is 5. The lowest BCUT2D eigenvalue weighted by molar-refractivity contribution is -0.118. The molecule has 0 aliphatic heterocycles. The lowest BCUT2D eigenvalue weighted by Gasteiger charge is -2.18. The number of hydrogen-bond donors (Lipinski definition) is 2. The first-order valence-electron chi connectivity index (χ1n) is 6.95. The van der Waals surface area contributed by atoms with Crippen LogP contribution in [0.4, 0.5) is 5.69 Å². The maximum atomic E-state index is 11.8. The predicted octanol–water partition coefficient (Wildman–Crippen LogP) is 3.20. The molecule has 2 aromatic carbocycles. The highest BCUT2D eigenvalue weighted by atomic mass is 16.1. The molecule has 0 bridgehead atoms. The maximum Gasteiger partial charge on any atom is 0.244 e. The SMILES string of the molecule is NC(=O)C(Nc1ccccc1)c1cccc(C2CC2)c1. The van der Waals surface area contributed by atoms with E-state index in [9.17, 15) is 4.79 Å². The summed E-state index contributed by atoms with van der Waals surface area (Å²) < 4.78 is 0. The molecule has 20 heavy (non-hydrogen) atoms. The van der Waals surface area contributed by atoms with Crippen LogP contribution >= 0.6 is 0 Å². The highest BCUT2D eigenvalue weighted by Gasteiger charge is 2.25. The van der Waals surface area contributed by atoms with Crippen molar-refractivity contribution >= 4 is 11.6 Å². The monoisotopic (exact) mass is 266 g/mol. The molecule has 1 aliphatic rings. The summed E-state index contributed by atoms with van der Waals surface area (Å²) in [4.78, 5) is 11.8. The van der Waals surface area contributed by atoms with E-state index in [1.807, 2.05) is 42.5 Å². The summed E-state index contributed by atoms with van der Waals surface area (Å²) in [5, 5.41) is 3.21. The minimum Gasteiger partial charge on any atom is -0.370 e. The normalized spacial score (nSPS) is 15.6. The van der Waals surface area contributed by atoms with E-state index in [0.717, 1.165) is 11.3 Å². The standard InChI is InChI=1S/C17H18N2O/c18-17(20)16(19-15-7-2-1-3-8-15)14-6-4-5-13(11-14)12-9-10-12/h1-8,11-12,16,19H,9-10H2,(H2,18,20). The fraction of sp³-hybridized carbons (Fsp3) is 0.235. The van der Waals surface area contributed by atoms with Gasteiger partial charge in [-0.1, -0.05) is 42.5 Å². The first kappa shape index (κ1) is 12.7. The molecule has 3 N–H and O–H groups in total. The molecule has 1 fully saturated rings. The first-order chi connectivity index (χ1) is 9.74. The van der Waals surface area contributed by atoms with Crippen molar-refractivity contribution < 1.29 is 4.79 Å². The quantitative estimate of drug-likeness (QED) is 0.873. The molecular weight excluding hydrogens is 248 g/mol. The highest BCUT2D eigenvalue weighted by molar-refractivity contribution is 5.84. The molecule has 102 valence electrons. The molecule has 0 aromatic heterocycles. The van der Waals surface area contributed by atoms with Gasteiger partial charge in [-0.3, -0.25) is 4.79 Å². The second-order valence-corrected chi connectivity index (χ2v) is 5.29. The van der Waals surface area contributed by atoms with E-state index in [1.54, 1.807) is 0 Å². The van der Waals surface area contributed by atoms with Crippen molar-refractivity contribution in [2.45, 2.75) is 24.8 Å². The fourth-order valence-electron chi connectivity index (χ4n) is 2.43. The van der Waals surface area contributed by atoms with E-state index in [2.05, 4.69) is 17.4 Å². The van der Waals surface area contributed by atoms with Crippen LogP contribution in [-0.2, 0) is 4.79 Å². The molecule has 1 unspecified atom stereocenters. The van der Waals surface area contributed by atoms with Crippen molar-refractivity contribution in [3.8, 4) is 0 Å². The fourth-order valence-corrected chi connectivity index (χ4v) is 2.43. The predicted molar refractivity (Wildman–Crippen MR) is 80.4 cm³/mol. The summed E-state index contributed by atoms with van der Waals surface area (Å²) in [7, 11) is 0. The van der Waals surface area contributed by atoms with Crippen LogP contribution in [0.1, 0.15) is 35.9 Å². The van der Waals surface area contributed by atoms with Crippen LogP contribution in [0.2, 0.25) is 0 Å². The number of carbonyl (C=O) groups is 1. The summed E-state index contributed by atoms with van der Waals surface area (Å²) in [5.74, 6) is 0.307.